The summed E-state index contributed by atoms with van der Waals surface area (Å²) in [7, 11) is 5.51. The quantitative estimate of drug-likeness (QED) is 0.701. The second kappa shape index (κ2) is 9.90. The predicted molar refractivity (Wildman–Crippen MR) is 111 cm³/mol. The lowest BCUT2D eigenvalue weighted by Crippen LogP contribution is -2.13. The highest BCUT2D eigenvalue weighted by atomic mass is 35.7. The molecule has 152 valence electrons. The van der Waals surface area contributed by atoms with Crippen LogP contribution in [0.25, 0.3) is 0 Å². The van der Waals surface area contributed by atoms with Gasteiger partial charge in [-0.1, -0.05) is 0 Å². The molecule has 11 heteroatoms. The number of hydrogen-bond acceptors (Lipinski definition) is 7. The first-order chi connectivity index (χ1) is 11.8. The van der Waals surface area contributed by atoms with E-state index >= 15 is 0 Å². The van der Waals surface area contributed by atoms with E-state index in [0.29, 0.717) is 0 Å². The maximum absolute atomic E-state index is 10.9. The number of halogens is 1. The number of rotatable bonds is 4. The second-order valence-electron chi connectivity index (χ2n) is 5.76. The summed E-state index contributed by atoms with van der Waals surface area (Å²) in [5.41, 5.74) is 1.87. The summed E-state index contributed by atoms with van der Waals surface area (Å²) in [6, 6.07) is 12.8. The van der Waals surface area contributed by atoms with Gasteiger partial charge in [-0.05, 0) is 48.5 Å². The number of sulfonamides is 1. The van der Waals surface area contributed by atoms with Crippen LogP contribution in [0.2, 0.25) is 0 Å². The van der Waals surface area contributed by atoms with E-state index in [1.165, 1.54) is 24.3 Å². The van der Waals surface area contributed by atoms with Crippen molar-refractivity contribution in [2.45, 2.75) is 9.79 Å². The molecule has 0 saturated heterocycles. The van der Waals surface area contributed by atoms with Gasteiger partial charge in [-0.3, -0.25) is 0 Å². The van der Waals surface area contributed by atoms with Crippen LogP contribution in [0.5, 0.6) is 0 Å². The molecule has 0 amide bonds. The van der Waals surface area contributed by atoms with E-state index in [2.05, 4.69) is 0 Å². The molecule has 0 unspecified atom stereocenters. The van der Waals surface area contributed by atoms with Crippen molar-refractivity contribution in [1.29, 1.82) is 0 Å². The first-order valence-corrected chi connectivity index (χ1v) is 11.2. The minimum atomic E-state index is -3.59. The van der Waals surface area contributed by atoms with Crippen molar-refractivity contribution in [3.63, 3.8) is 0 Å². The number of benzene rings is 2. The fraction of sp³-hybridized carbons (Fsp3) is 0.250. The molecule has 5 N–H and O–H groups in total. The summed E-state index contributed by atoms with van der Waals surface area (Å²) in [6.07, 6.45) is 0. The molecule has 27 heavy (non-hydrogen) atoms. The number of nitrogens with two attached hydrogens (primary N) is 1. The van der Waals surface area contributed by atoms with E-state index in [9.17, 15) is 16.8 Å². The molecule has 0 aliphatic carbocycles. The molecule has 0 saturated carbocycles. The number of nitrogens with zero attached hydrogens (tertiary/aromatic N) is 2. The zero-order chi connectivity index (χ0) is 20.1. The topological polar surface area (TPSA) is 136 Å². The largest absolute Gasteiger partial charge is 0.378 e. The van der Waals surface area contributed by atoms with Crippen LogP contribution in [0.1, 0.15) is 0 Å². The number of hydrogen-bond donors (Lipinski definition) is 2. The van der Waals surface area contributed by atoms with Gasteiger partial charge in [0, 0.05) is 50.2 Å². The summed E-state index contributed by atoms with van der Waals surface area (Å²) in [4.78, 5) is 4.02. The van der Waals surface area contributed by atoms with Crippen molar-refractivity contribution in [1.82, 2.24) is 6.15 Å². The lowest BCUT2D eigenvalue weighted by atomic mass is 10.3. The highest BCUT2D eigenvalue weighted by Gasteiger charge is 2.09. The molecule has 8 nitrogen and oxygen atoms in total. The molecule has 0 spiro atoms. The highest BCUT2D eigenvalue weighted by molar-refractivity contribution is 8.13. The second-order valence-corrected chi connectivity index (χ2v) is 9.89. The molecule has 0 fully saturated rings. The van der Waals surface area contributed by atoms with Crippen LogP contribution in [-0.2, 0) is 19.1 Å². The van der Waals surface area contributed by atoms with E-state index in [1.807, 2.05) is 38.0 Å². The van der Waals surface area contributed by atoms with Crippen molar-refractivity contribution in [2.75, 3.05) is 38.0 Å². The SMILES string of the molecule is CN(C)c1ccc(S(=O)(=O)Cl)cc1.CN(C)c1ccc(S(N)(=O)=O)cc1.N. The lowest BCUT2D eigenvalue weighted by molar-refractivity contribution is 0.597. The number of primary sulfonamides is 1. The van der Waals surface area contributed by atoms with Gasteiger partial charge >= 0.3 is 0 Å². The maximum Gasteiger partial charge on any atom is 0.261 e. The van der Waals surface area contributed by atoms with Crippen molar-refractivity contribution in [2.24, 2.45) is 5.14 Å². The molecule has 2 rings (SSSR count). The zero-order valence-corrected chi connectivity index (χ0v) is 18.0. The Bertz CT molecular complexity index is 848. The Morgan fingerprint density at radius 1 is 0.704 bits per heavy atom. The smallest absolute Gasteiger partial charge is 0.261 e. The van der Waals surface area contributed by atoms with Crippen LogP contribution in [-0.4, -0.2) is 45.0 Å². The van der Waals surface area contributed by atoms with E-state index in [-0.39, 0.29) is 15.9 Å². The monoisotopic (exact) mass is 436 g/mol. The first-order valence-electron chi connectivity index (χ1n) is 7.34. The predicted octanol–water partition coefficient (Wildman–Crippen LogP) is 2.24. The third-order valence-electron chi connectivity index (χ3n) is 3.32. The van der Waals surface area contributed by atoms with E-state index in [4.69, 9.17) is 15.8 Å². The first kappa shape index (κ1) is 25.1. The Balaban J connectivity index is 0.000000483. The van der Waals surface area contributed by atoms with Crippen LogP contribution < -0.4 is 21.1 Å². The van der Waals surface area contributed by atoms with Crippen LogP contribution in [0, 0.1) is 0 Å². The lowest BCUT2D eigenvalue weighted by Gasteiger charge is -2.11. The highest BCUT2D eigenvalue weighted by Crippen LogP contribution is 2.18. The third-order valence-corrected chi connectivity index (χ3v) is 5.62. The van der Waals surface area contributed by atoms with Gasteiger partial charge in [0.05, 0.1) is 9.79 Å². The summed E-state index contributed by atoms with van der Waals surface area (Å²) in [5, 5.41) is 4.94. The van der Waals surface area contributed by atoms with Crippen molar-refractivity contribution in [3.8, 4) is 0 Å². The molecule has 0 aliphatic rings. The van der Waals surface area contributed by atoms with Crippen LogP contribution in [0.3, 0.4) is 0 Å². The molecule has 0 heterocycles. The van der Waals surface area contributed by atoms with Crippen molar-refractivity contribution >= 4 is 41.1 Å². The number of anilines is 2. The average Bonchev–Trinajstić information content (AvgIpc) is 2.54. The van der Waals surface area contributed by atoms with Gasteiger partial charge in [0.2, 0.25) is 10.0 Å². The maximum atomic E-state index is 10.9. The van der Waals surface area contributed by atoms with Crippen molar-refractivity contribution in [3.05, 3.63) is 48.5 Å². The minimum absolute atomic E-state index is 0. The Labute approximate surface area is 165 Å². The summed E-state index contributed by atoms with van der Waals surface area (Å²) in [6.45, 7) is 0. The van der Waals surface area contributed by atoms with Gasteiger partial charge in [0.25, 0.3) is 9.05 Å². The fourth-order valence-electron chi connectivity index (χ4n) is 1.84. The van der Waals surface area contributed by atoms with Gasteiger partial charge < -0.3 is 16.0 Å². The summed E-state index contributed by atoms with van der Waals surface area (Å²) < 4.78 is 43.5. The molecule has 0 aliphatic heterocycles. The van der Waals surface area contributed by atoms with Gasteiger partial charge in [0.1, 0.15) is 0 Å². The van der Waals surface area contributed by atoms with Gasteiger partial charge in [-0.2, -0.15) is 0 Å². The van der Waals surface area contributed by atoms with Crippen LogP contribution in [0.15, 0.2) is 58.3 Å². The third kappa shape index (κ3) is 8.14. The molecule has 0 bridgehead atoms. The summed E-state index contributed by atoms with van der Waals surface area (Å²) in [5.74, 6) is 0. The van der Waals surface area contributed by atoms with Gasteiger partial charge in [-0.15, -0.1) is 0 Å². The molecular weight excluding hydrogens is 412 g/mol. The van der Waals surface area contributed by atoms with Crippen molar-refractivity contribution < 1.29 is 16.8 Å². The Morgan fingerprint density at radius 2 is 1.00 bits per heavy atom. The average molecular weight is 437 g/mol. The van der Waals surface area contributed by atoms with E-state index in [1.54, 1.807) is 24.3 Å². The standard InChI is InChI=1S/C8H10ClNO2S.C8H12N2O2S.H3N/c2*1-10(2)7-3-5-8(6-4-7)13(9,11)12;/h3-6H,1-2H3;3-6H,1-2H3,(H2,9,11,12);1H3. The van der Waals surface area contributed by atoms with Crippen LogP contribution in [0.4, 0.5) is 11.4 Å². The minimum Gasteiger partial charge on any atom is -0.378 e. The Kier molecular flexibility index (Phi) is 9.23. The molecule has 0 aromatic heterocycles. The molecular formula is C16H25ClN4O4S2. The fourth-order valence-corrected chi connectivity index (χ4v) is 3.13. The van der Waals surface area contributed by atoms with Crippen LogP contribution >= 0.6 is 10.7 Å². The molecule has 0 radical (unpaired) electrons. The zero-order valence-electron chi connectivity index (χ0n) is 15.6. The normalized spacial score (nSPS) is 10.9. The van der Waals surface area contributed by atoms with Gasteiger partial charge in [0.15, 0.2) is 0 Å². The molecule has 2 aromatic rings. The Hall–Kier alpha value is -1.85. The van der Waals surface area contributed by atoms with E-state index < -0.39 is 19.1 Å². The molecule has 0 atom stereocenters. The Morgan fingerprint density at radius 3 is 1.22 bits per heavy atom. The molecule has 2 aromatic carbocycles. The van der Waals surface area contributed by atoms with Gasteiger partial charge in [-0.25, -0.2) is 22.0 Å². The van der Waals surface area contributed by atoms with E-state index in [0.717, 1.165) is 11.4 Å². The summed E-state index contributed by atoms with van der Waals surface area (Å²) >= 11 is 0.